The highest BCUT2D eigenvalue weighted by Gasteiger charge is 2.26. The Morgan fingerprint density at radius 1 is 0.867 bits per heavy atom. The molecule has 3 nitrogen and oxygen atoms in total. The van der Waals surface area contributed by atoms with Crippen molar-refractivity contribution < 1.29 is 9.59 Å². The van der Waals surface area contributed by atoms with Crippen molar-refractivity contribution in [1.29, 1.82) is 0 Å². The van der Waals surface area contributed by atoms with Crippen LogP contribution in [0, 0.1) is 17.8 Å². The average molecular weight is 219 g/mol. The van der Waals surface area contributed by atoms with Crippen LogP contribution in [0.15, 0.2) is 0 Å². The highest BCUT2D eigenvalue weighted by molar-refractivity contribution is 5.90. The van der Waals surface area contributed by atoms with Gasteiger partial charge in [-0.15, -0.1) is 0 Å². The number of hydrogen-bond acceptors (Lipinski definition) is 2. The van der Waals surface area contributed by atoms with E-state index in [0.29, 0.717) is 0 Å². The lowest BCUT2D eigenvalue weighted by atomic mass is 9.95. The molecule has 0 aliphatic rings. The molecule has 88 valence electrons. The van der Waals surface area contributed by atoms with Gasteiger partial charge in [-0.1, -0.05) is 41.5 Å². The maximum atomic E-state index is 11.8. The Morgan fingerprint density at radius 3 is 1.60 bits per heavy atom. The van der Waals surface area contributed by atoms with Gasteiger partial charge in [0, 0.05) is 11.8 Å². The fourth-order valence-corrected chi connectivity index (χ4v) is 1.25. The zero-order valence-electron chi connectivity index (χ0n) is 10.6. The molecule has 15 heavy (non-hydrogen) atoms. The van der Waals surface area contributed by atoms with Gasteiger partial charge in [0.25, 0.3) is 0 Å². The van der Waals surface area contributed by atoms with Gasteiger partial charge in [0.15, 0.2) is 5.78 Å². The Morgan fingerprint density at radius 2 is 1.33 bits per heavy atom. The van der Waals surface area contributed by atoms with E-state index in [-0.39, 0.29) is 35.5 Å². The summed E-state index contributed by atoms with van der Waals surface area (Å²) in [7, 11) is 0. The predicted octanol–water partition coefficient (Wildman–Crippen LogP) is 2.01. The molecule has 0 spiro atoms. The second-order valence-electron chi connectivity index (χ2n) is 4.94. The summed E-state index contributed by atoms with van der Waals surface area (Å²) in [6.45, 7) is 11.3. The first-order chi connectivity index (χ1) is 6.77. The van der Waals surface area contributed by atoms with E-state index >= 15 is 0 Å². The second kappa shape index (κ2) is 5.89. The van der Waals surface area contributed by atoms with Crippen molar-refractivity contribution >= 4 is 11.7 Å². The van der Waals surface area contributed by atoms with Crippen LogP contribution >= 0.6 is 0 Å². The topological polar surface area (TPSA) is 46.2 Å². The molecule has 1 amide bonds. The Labute approximate surface area is 92.6 Å². The van der Waals surface area contributed by atoms with E-state index in [4.69, 9.17) is 0 Å². The monoisotopic (exact) mass is 219 g/mol. The third-order valence-electron chi connectivity index (χ3n) is 2.36. The normalized spacial score (nSPS) is 13.4. The van der Waals surface area contributed by atoms with Crippen molar-refractivity contribution in [2.45, 2.75) is 47.6 Å². The molecular weight excluding hydrogens is 196 g/mol. The number of nitrogens with one attached hydrogen (secondary N) is 1. The summed E-state index contributed by atoms with van der Waals surface area (Å²) in [5.41, 5.74) is 0. The number of rotatable bonds is 5. The molecule has 0 bridgehead atoms. The summed E-state index contributed by atoms with van der Waals surface area (Å²) in [4.78, 5) is 23.3. The molecule has 1 N–H and O–H groups in total. The van der Waals surface area contributed by atoms with E-state index in [1.54, 1.807) is 0 Å². The van der Waals surface area contributed by atoms with Crippen molar-refractivity contribution in [2.75, 3.05) is 0 Å². The third-order valence-corrected chi connectivity index (χ3v) is 2.36. The van der Waals surface area contributed by atoms with E-state index < -0.39 is 0 Å². The number of hydrogen-bond donors (Lipinski definition) is 1. The average Bonchev–Trinajstić information content (AvgIpc) is 2.11. The first kappa shape index (κ1) is 14.1. The molecule has 0 saturated heterocycles. The Balaban J connectivity index is 4.56. The van der Waals surface area contributed by atoms with E-state index in [1.165, 1.54) is 0 Å². The smallest absolute Gasteiger partial charge is 0.223 e. The van der Waals surface area contributed by atoms with Crippen molar-refractivity contribution in [3.63, 3.8) is 0 Å². The van der Waals surface area contributed by atoms with E-state index in [0.717, 1.165) is 0 Å². The zero-order valence-corrected chi connectivity index (χ0v) is 10.6. The quantitative estimate of drug-likeness (QED) is 0.437. The van der Waals surface area contributed by atoms with Gasteiger partial charge < -0.3 is 5.32 Å². The Kier molecular flexibility index (Phi) is 5.55. The predicted molar refractivity (Wildman–Crippen MR) is 61.5 cm³/mol. The van der Waals surface area contributed by atoms with Crippen LogP contribution in [0.5, 0.6) is 0 Å². The lowest BCUT2D eigenvalue weighted by Gasteiger charge is -2.23. The summed E-state index contributed by atoms with van der Waals surface area (Å²) >= 11 is 0. The lowest BCUT2D eigenvalue weighted by Crippen LogP contribution is -2.47. The maximum Gasteiger partial charge on any atom is 0.223 e. The van der Waals surface area contributed by atoms with Crippen LogP contribution in [0.4, 0.5) is 0 Å². The molecule has 0 rings (SSSR count). The minimum atomic E-state index is -0.347. The molecule has 0 aliphatic heterocycles. The molecule has 0 fully saturated rings. The van der Waals surface area contributed by atoms with Gasteiger partial charge in [-0.05, 0) is 5.92 Å². The van der Waals surface area contributed by atoms with Gasteiger partial charge >= 0.3 is 0 Å². The first-order valence-electron chi connectivity index (χ1n) is 5.61. The molecule has 1 unspecified atom stereocenters. The summed E-state index contributed by atoms with van der Waals surface area (Å²) in [5.74, 6) is 0.0837. The number of carbonyl (C=O) groups excluding carboxylic acids is 2. The van der Waals surface area contributed by atoms with E-state index in [1.807, 2.05) is 41.5 Å². The van der Waals surface area contributed by atoms with Gasteiger partial charge in [0.1, 0.15) is 0 Å². The first-order valence-corrected chi connectivity index (χ1v) is 5.61. The van der Waals surface area contributed by atoms with Crippen LogP contribution < -0.4 is 5.32 Å². The fourth-order valence-electron chi connectivity index (χ4n) is 1.25. The molecule has 0 aliphatic carbocycles. The van der Waals surface area contributed by atoms with Crippen LogP contribution in [0.1, 0.15) is 41.5 Å². The third kappa shape index (κ3) is 4.45. The van der Waals surface area contributed by atoms with Crippen molar-refractivity contribution in [3.8, 4) is 0 Å². The van der Waals surface area contributed by atoms with Crippen molar-refractivity contribution in [1.82, 2.24) is 5.32 Å². The van der Waals surface area contributed by atoms with Gasteiger partial charge in [-0.3, -0.25) is 9.59 Å². The Bertz CT molecular complexity index is 232. The molecule has 0 aromatic carbocycles. The Hall–Kier alpha value is -0.860. The summed E-state index contributed by atoms with van der Waals surface area (Å²) in [5, 5.41) is 2.81. The molecule has 0 aromatic heterocycles. The van der Waals surface area contributed by atoms with Gasteiger partial charge in [0.05, 0.1) is 6.04 Å². The van der Waals surface area contributed by atoms with Crippen LogP contribution in [0.25, 0.3) is 0 Å². The highest BCUT2D eigenvalue weighted by Crippen LogP contribution is 2.10. The van der Waals surface area contributed by atoms with Gasteiger partial charge in [-0.2, -0.15) is 0 Å². The van der Waals surface area contributed by atoms with Gasteiger partial charge in [0.2, 0.25) is 5.91 Å². The standard InChI is InChI=1S/C12H23NO2/c1-7(2)10(11(14)8(3)4)13-12(15)9(5)6/h7-10H,1-6H3,(H,13,15)/i12+1,13+1,14+2,15+2. The van der Waals surface area contributed by atoms with E-state index in [2.05, 4.69) is 5.32 Å². The molecule has 0 aromatic rings. The second-order valence-corrected chi connectivity index (χ2v) is 4.94. The largest absolute Gasteiger partial charge is 0.346 e. The SMILES string of the molecule is CC(C)C(=[18O])C([15NH][13C](=[18O])C(C)C)C(C)C. The van der Waals surface area contributed by atoms with Crippen LogP contribution in [-0.4, -0.2) is 17.7 Å². The molecule has 0 saturated carbocycles. The molecule has 1 atom stereocenters. The summed E-state index contributed by atoms with van der Waals surface area (Å²) in [6, 6.07) is -0.347. The van der Waals surface area contributed by atoms with Crippen molar-refractivity contribution in [2.24, 2.45) is 17.8 Å². The molecule has 0 heterocycles. The highest BCUT2D eigenvalue weighted by atomic mass is 18.1. The molecular formula is C12H23NO2. The lowest BCUT2D eigenvalue weighted by molar-refractivity contribution is -0.131. The number of amides is 1. The maximum absolute atomic E-state index is 11.8. The number of ketones is 1. The zero-order chi connectivity index (χ0) is 12.2. The number of Topliss-reactive ketones (excluding diaryl/α,β-unsaturated/α-hetero) is 1. The fraction of sp³-hybridized carbons (Fsp3) is 0.833. The minimum Gasteiger partial charge on any atom is -0.346 e. The molecule has 3 heteroatoms. The molecule has 0 radical (unpaired) electrons. The van der Waals surface area contributed by atoms with Crippen LogP contribution in [0.3, 0.4) is 0 Å². The van der Waals surface area contributed by atoms with Crippen molar-refractivity contribution in [3.05, 3.63) is 0 Å². The van der Waals surface area contributed by atoms with Gasteiger partial charge in [-0.25, -0.2) is 0 Å². The number of carbonyl (C=O) groups is 2. The minimum absolute atomic E-state index is 0.0372. The van der Waals surface area contributed by atoms with Crippen LogP contribution in [0.2, 0.25) is 0 Å². The summed E-state index contributed by atoms with van der Waals surface area (Å²) in [6.07, 6.45) is 0. The van der Waals surface area contributed by atoms with E-state index in [9.17, 15) is 9.59 Å². The van der Waals surface area contributed by atoms with Crippen LogP contribution in [-0.2, 0) is 9.59 Å². The summed E-state index contributed by atoms with van der Waals surface area (Å²) < 4.78 is 0.